The zero-order chi connectivity index (χ0) is 14.4. The highest BCUT2D eigenvalue weighted by molar-refractivity contribution is 5.90. The SMILES string of the molecule is O=C(O)C=CC(=O)OCCCC(F)(F)C(F)(F)F. The van der Waals surface area contributed by atoms with Crippen molar-refractivity contribution in [2.24, 2.45) is 0 Å². The number of hydrogen-bond acceptors (Lipinski definition) is 3. The molecule has 0 fully saturated rings. The van der Waals surface area contributed by atoms with Crippen molar-refractivity contribution in [3.63, 3.8) is 0 Å². The number of aliphatic carboxylic acids is 1. The predicted octanol–water partition coefficient (Wildman–Crippen LogP) is 2.15. The van der Waals surface area contributed by atoms with E-state index in [1.807, 2.05) is 0 Å². The van der Waals surface area contributed by atoms with Crippen molar-refractivity contribution >= 4 is 11.9 Å². The minimum Gasteiger partial charge on any atom is -0.478 e. The molecule has 0 aliphatic carbocycles. The van der Waals surface area contributed by atoms with Gasteiger partial charge < -0.3 is 9.84 Å². The Labute approximate surface area is 98.0 Å². The smallest absolute Gasteiger partial charge is 0.453 e. The molecule has 9 heteroatoms. The van der Waals surface area contributed by atoms with Gasteiger partial charge in [-0.25, -0.2) is 9.59 Å². The molecule has 0 spiro atoms. The van der Waals surface area contributed by atoms with Crippen LogP contribution in [0, 0.1) is 0 Å². The van der Waals surface area contributed by atoms with Gasteiger partial charge in [-0.2, -0.15) is 22.0 Å². The van der Waals surface area contributed by atoms with Crippen molar-refractivity contribution in [1.82, 2.24) is 0 Å². The molecule has 0 saturated carbocycles. The Kier molecular flexibility index (Phi) is 5.73. The minimum absolute atomic E-state index is 0.451. The lowest BCUT2D eigenvalue weighted by atomic mass is 10.2. The Balaban J connectivity index is 3.95. The molecular formula is C9H9F5O4. The molecule has 0 bridgehead atoms. The van der Waals surface area contributed by atoms with Crippen LogP contribution < -0.4 is 0 Å². The van der Waals surface area contributed by atoms with Crippen LogP contribution in [0.15, 0.2) is 12.2 Å². The second-order valence-electron chi connectivity index (χ2n) is 3.14. The van der Waals surface area contributed by atoms with Gasteiger partial charge in [-0.3, -0.25) is 0 Å². The van der Waals surface area contributed by atoms with Crippen LogP contribution in [0.25, 0.3) is 0 Å². The van der Waals surface area contributed by atoms with E-state index in [9.17, 15) is 31.5 Å². The van der Waals surface area contributed by atoms with E-state index in [1.54, 1.807) is 0 Å². The number of esters is 1. The maximum Gasteiger partial charge on any atom is 0.453 e. The molecule has 0 saturated heterocycles. The summed E-state index contributed by atoms with van der Waals surface area (Å²) in [7, 11) is 0. The van der Waals surface area contributed by atoms with E-state index in [4.69, 9.17) is 5.11 Å². The highest BCUT2D eigenvalue weighted by Gasteiger charge is 2.56. The summed E-state index contributed by atoms with van der Waals surface area (Å²) >= 11 is 0. The Bertz CT molecular complexity index is 334. The molecule has 0 amide bonds. The highest BCUT2D eigenvalue weighted by atomic mass is 19.4. The van der Waals surface area contributed by atoms with E-state index in [0.29, 0.717) is 12.2 Å². The molecule has 0 aliphatic rings. The largest absolute Gasteiger partial charge is 0.478 e. The van der Waals surface area contributed by atoms with Crippen molar-refractivity contribution in [3.05, 3.63) is 12.2 Å². The van der Waals surface area contributed by atoms with Gasteiger partial charge in [-0.1, -0.05) is 0 Å². The molecule has 104 valence electrons. The van der Waals surface area contributed by atoms with Crippen molar-refractivity contribution < 1.29 is 41.4 Å². The lowest BCUT2D eigenvalue weighted by Gasteiger charge is -2.18. The average Bonchev–Trinajstić information content (AvgIpc) is 2.19. The van der Waals surface area contributed by atoms with E-state index >= 15 is 0 Å². The molecule has 0 atom stereocenters. The minimum atomic E-state index is -5.64. The zero-order valence-corrected chi connectivity index (χ0v) is 8.84. The van der Waals surface area contributed by atoms with Crippen LogP contribution in [-0.4, -0.2) is 35.8 Å². The number of alkyl halides is 5. The molecule has 1 N–H and O–H groups in total. The van der Waals surface area contributed by atoms with Crippen LogP contribution in [0.2, 0.25) is 0 Å². The zero-order valence-electron chi connectivity index (χ0n) is 8.84. The number of rotatable bonds is 6. The van der Waals surface area contributed by atoms with Crippen LogP contribution in [0.5, 0.6) is 0 Å². The normalized spacial score (nSPS) is 12.7. The molecule has 0 aromatic rings. The third-order valence-corrected chi connectivity index (χ3v) is 1.66. The fourth-order valence-electron chi connectivity index (χ4n) is 0.796. The monoisotopic (exact) mass is 276 g/mol. The maximum atomic E-state index is 12.4. The summed E-state index contributed by atoms with van der Waals surface area (Å²) < 4.78 is 64.0. The summed E-state index contributed by atoms with van der Waals surface area (Å²) in [6.07, 6.45) is -6.87. The summed E-state index contributed by atoms with van der Waals surface area (Å²) in [6.45, 7) is -0.658. The van der Waals surface area contributed by atoms with Gasteiger partial charge in [0, 0.05) is 18.6 Å². The molecule has 0 aromatic carbocycles. The van der Waals surface area contributed by atoms with Gasteiger partial charge in [-0.15, -0.1) is 0 Å². The number of carboxylic acid groups (broad SMARTS) is 1. The van der Waals surface area contributed by atoms with Gasteiger partial charge in [0.2, 0.25) is 0 Å². The molecule has 0 rings (SSSR count). The van der Waals surface area contributed by atoms with Gasteiger partial charge in [0.25, 0.3) is 0 Å². The first kappa shape index (κ1) is 16.3. The third-order valence-electron chi connectivity index (χ3n) is 1.66. The molecule has 0 unspecified atom stereocenters. The first-order valence-corrected chi connectivity index (χ1v) is 4.58. The van der Waals surface area contributed by atoms with E-state index in [1.165, 1.54) is 0 Å². The van der Waals surface area contributed by atoms with E-state index < -0.39 is 43.5 Å². The van der Waals surface area contributed by atoms with Crippen molar-refractivity contribution in [3.8, 4) is 0 Å². The molecule has 0 aromatic heterocycles. The summed E-state index contributed by atoms with van der Waals surface area (Å²) in [5, 5.41) is 8.11. The number of halogens is 5. The molecule has 18 heavy (non-hydrogen) atoms. The predicted molar refractivity (Wildman–Crippen MR) is 48.0 cm³/mol. The van der Waals surface area contributed by atoms with Gasteiger partial charge in [0.15, 0.2) is 0 Å². The first-order chi connectivity index (χ1) is 8.06. The van der Waals surface area contributed by atoms with Crippen LogP contribution in [0.3, 0.4) is 0 Å². The quantitative estimate of drug-likeness (QED) is 0.349. The molecule has 0 radical (unpaired) electrons. The summed E-state index contributed by atoms with van der Waals surface area (Å²) in [5.41, 5.74) is 0. The molecular weight excluding hydrogens is 267 g/mol. The summed E-state index contributed by atoms with van der Waals surface area (Å²) in [6, 6.07) is 0. The van der Waals surface area contributed by atoms with Crippen molar-refractivity contribution in [2.45, 2.75) is 24.9 Å². The number of carbonyl (C=O) groups excluding carboxylic acids is 1. The molecule has 0 heterocycles. The van der Waals surface area contributed by atoms with Crippen LogP contribution >= 0.6 is 0 Å². The van der Waals surface area contributed by atoms with E-state index in [2.05, 4.69) is 4.74 Å². The van der Waals surface area contributed by atoms with Gasteiger partial charge in [0.1, 0.15) is 0 Å². The van der Waals surface area contributed by atoms with Crippen molar-refractivity contribution in [1.29, 1.82) is 0 Å². The van der Waals surface area contributed by atoms with E-state index in [0.717, 1.165) is 0 Å². The second-order valence-corrected chi connectivity index (χ2v) is 3.14. The average molecular weight is 276 g/mol. The third kappa shape index (κ3) is 6.16. The Morgan fingerprint density at radius 1 is 1.11 bits per heavy atom. The lowest BCUT2D eigenvalue weighted by molar-refractivity contribution is -0.284. The fraction of sp³-hybridized carbons (Fsp3) is 0.556. The number of carbonyl (C=O) groups is 2. The Hall–Kier alpha value is -1.67. The maximum absolute atomic E-state index is 12.4. The first-order valence-electron chi connectivity index (χ1n) is 4.58. The number of carboxylic acids is 1. The van der Waals surface area contributed by atoms with Crippen LogP contribution in [0.4, 0.5) is 22.0 Å². The summed E-state index contributed by atoms with van der Waals surface area (Å²) in [5.74, 6) is -7.39. The Morgan fingerprint density at radius 2 is 1.67 bits per heavy atom. The second kappa shape index (κ2) is 6.31. The Morgan fingerprint density at radius 3 is 2.11 bits per heavy atom. The van der Waals surface area contributed by atoms with Crippen LogP contribution in [-0.2, 0) is 14.3 Å². The van der Waals surface area contributed by atoms with E-state index in [-0.39, 0.29) is 0 Å². The fourth-order valence-corrected chi connectivity index (χ4v) is 0.796. The topological polar surface area (TPSA) is 63.6 Å². The molecule has 0 aliphatic heterocycles. The molecule has 4 nitrogen and oxygen atoms in total. The lowest BCUT2D eigenvalue weighted by Crippen LogP contribution is -2.36. The standard InChI is InChI=1S/C9H9F5O4/c10-8(11,9(12,13)14)4-1-5-18-7(17)3-2-6(15)16/h2-3H,1,4-5H2,(H,15,16). The van der Waals surface area contributed by atoms with Crippen LogP contribution in [0.1, 0.15) is 12.8 Å². The number of ether oxygens (including phenoxy) is 1. The van der Waals surface area contributed by atoms with Crippen molar-refractivity contribution in [2.75, 3.05) is 6.61 Å². The van der Waals surface area contributed by atoms with Gasteiger partial charge in [0.05, 0.1) is 6.61 Å². The van der Waals surface area contributed by atoms with Gasteiger partial charge >= 0.3 is 24.0 Å². The van der Waals surface area contributed by atoms with Gasteiger partial charge in [-0.05, 0) is 6.42 Å². The number of hydrogen-bond donors (Lipinski definition) is 1. The highest BCUT2D eigenvalue weighted by Crippen LogP contribution is 2.38. The summed E-state index contributed by atoms with van der Waals surface area (Å²) in [4.78, 5) is 20.6.